The number of amides is 2. The van der Waals surface area contributed by atoms with Crippen LogP contribution in [-0.2, 0) is 0 Å². The number of aliphatic hydroxyl groups excluding tert-OH is 1. The number of likely N-dealkylation sites (tertiary alicyclic amines) is 1. The topological polar surface area (TPSA) is 52.6 Å². The molecule has 0 radical (unpaired) electrons. The first-order valence-corrected chi connectivity index (χ1v) is 7.03. The number of carbonyl (C=O) groups is 1. The maximum atomic E-state index is 13.1. The van der Waals surface area contributed by atoms with Crippen molar-refractivity contribution < 1.29 is 14.3 Å². The number of halogens is 2. The molecule has 1 saturated heterocycles. The Morgan fingerprint density at radius 1 is 1.60 bits per heavy atom. The average molecular weight is 301 g/mol. The van der Waals surface area contributed by atoms with Crippen molar-refractivity contribution in [2.75, 3.05) is 13.1 Å². The van der Waals surface area contributed by atoms with Crippen LogP contribution in [0, 0.1) is 5.82 Å². The summed E-state index contributed by atoms with van der Waals surface area (Å²) in [6.07, 6.45) is 1.07. The lowest BCUT2D eigenvalue weighted by molar-refractivity contribution is 0.0835. The zero-order chi connectivity index (χ0) is 14.7. The first-order valence-electron chi connectivity index (χ1n) is 6.66. The second-order valence-electron chi connectivity index (χ2n) is 5.09. The van der Waals surface area contributed by atoms with Gasteiger partial charge in [-0.3, -0.25) is 0 Å². The van der Waals surface area contributed by atoms with E-state index in [2.05, 4.69) is 5.32 Å². The number of urea groups is 1. The molecule has 1 aromatic rings. The number of rotatable bonds is 2. The van der Waals surface area contributed by atoms with Crippen LogP contribution in [0.3, 0.4) is 0 Å². The molecule has 2 rings (SSSR count). The van der Waals surface area contributed by atoms with Gasteiger partial charge in [-0.15, -0.1) is 0 Å². The minimum atomic E-state index is -0.479. The largest absolute Gasteiger partial charge is 0.391 e. The molecule has 1 aliphatic rings. The normalized spacial score (nSPS) is 20.6. The molecule has 2 unspecified atom stereocenters. The number of nitrogens with zero attached hydrogens (tertiary/aromatic N) is 1. The molecule has 4 nitrogen and oxygen atoms in total. The van der Waals surface area contributed by atoms with Crippen LogP contribution in [0.1, 0.15) is 31.4 Å². The smallest absolute Gasteiger partial charge is 0.317 e. The van der Waals surface area contributed by atoms with Gasteiger partial charge in [-0.05, 0) is 37.5 Å². The molecule has 2 N–H and O–H groups in total. The second-order valence-corrected chi connectivity index (χ2v) is 5.49. The van der Waals surface area contributed by atoms with Crippen molar-refractivity contribution in [3.63, 3.8) is 0 Å². The summed E-state index contributed by atoms with van der Waals surface area (Å²) >= 11 is 5.73. The molecule has 0 saturated carbocycles. The fourth-order valence-electron chi connectivity index (χ4n) is 2.28. The molecule has 1 fully saturated rings. The Morgan fingerprint density at radius 3 is 3.00 bits per heavy atom. The number of piperidine rings is 1. The van der Waals surface area contributed by atoms with Crippen molar-refractivity contribution in [2.45, 2.75) is 31.9 Å². The van der Waals surface area contributed by atoms with Gasteiger partial charge < -0.3 is 15.3 Å². The van der Waals surface area contributed by atoms with E-state index in [1.807, 2.05) is 6.92 Å². The summed E-state index contributed by atoms with van der Waals surface area (Å²) < 4.78 is 13.1. The highest BCUT2D eigenvalue weighted by Crippen LogP contribution is 2.21. The van der Waals surface area contributed by atoms with Gasteiger partial charge in [0.25, 0.3) is 0 Å². The van der Waals surface area contributed by atoms with E-state index in [1.54, 1.807) is 11.0 Å². The molecule has 1 heterocycles. The lowest BCUT2D eigenvalue weighted by Gasteiger charge is -2.31. The van der Waals surface area contributed by atoms with Gasteiger partial charge in [0.05, 0.1) is 17.2 Å². The van der Waals surface area contributed by atoms with E-state index in [0.29, 0.717) is 13.1 Å². The summed E-state index contributed by atoms with van der Waals surface area (Å²) in [5, 5.41) is 12.4. The number of hydrogen-bond acceptors (Lipinski definition) is 2. The third kappa shape index (κ3) is 3.61. The van der Waals surface area contributed by atoms with Crippen LogP contribution in [0.2, 0.25) is 5.02 Å². The number of aliphatic hydroxyl groups is 1. The molecule has 1 aromatic carbocycles. The van der Waals surface area contributed by atoms with Gasteiger partial charge in [-0.2, -0.15) is 0 Å². The van der Waals surface area contributed by atoms with Crippen LogP contribution in [0.25, 0.3) is 0 Å². The third-order valence-electron chi connectivity index (χ3n) is 3.47. The van der Waals surface area contributed by atoms with Crippen LogP contribution >= 0.6 is 11.6 Å². The average Bonchev–Trinajstić information content (AvgIpc) is 2.41. The molecule has 0 aromatic heterocycles. The van der Waals surface area contributed by atoms with E-state index in [1.165, 1.54) is 12.1 Å². The Bertz CT molecular complexity index is 498. The standard InChI is InChI=1S/C14H18ClFN2O2/c1-9(10-4-5-13(16)12(15)7-10)17-14(20)18-6-2-3-11(19)8-18/h4-5,7,9,11,19H,2-3,6,8H2,1H3,(H,17,20). The number of benzene rings is 1. The molecule has 110 valence electrons. The van der Waals surface area contributed by atoms with Gasteiger partial charge in [-0.1, -0.05) is 17.7 Å². The summed E-state index contributed by atoms with van der Waals surface area (Å²) in [5.41, 5.74) is 0.738. The van der Waals surface area contributed by atoms with Crippen molar-refractivity contribution in [2.24, 2.45) is 0 Å². The molecular weight excluding hydrogens is 283 g/mol. The first-order chi connectivity index (χ1) is 9.47. The molecule has 0 aliphatic carbocycles. The molecule has 20 heavy (non-hydrogen) atoms. The van der Waals surface area contributed by atoms with Crippen LogP contribution < -0.4 is 5.32 Å². The molecule has 6 heteroatoms. The van der Waals surface area contributed by atoms with E-state index in [-0.39, 0.29) is 17.1 Å². The number of hydrogen-bond donors (Lipinski definition) is 2. The SMILES string of the molecule is CC(NC(=O)N1CCCC(O)C1)c1ccc(F)c(Cl)c1. The van der Waals surface area contributed by atoms with Gasteiger partial charge in [-0.25, -0.2) is 9.18 Å². The predicted octanol–water partition coefficient (Wildman–Crippen LogP) is 2.71. The van der Waals surface area contributed by atoms with E-state index < -0.39 is 11.9 Å². The highest BCUT2D eigenvalue weighted by molar-refractivity contribution is 6.30. The van der Waals surface area contributed by atoms with Crippen molar-refractivity contribution in [1.82, 2.24) is 10.2 Å². The Kier molecular flexibility index (Phi) is 4.83. The Morgan fingerprint density at radius 2 is 2.35 bits per heavy atom. The van der Waals surface area contributed by atoms with Gasteiger partial charge in [0, 0.05) is 13.1 Å². The Hall–Kier alpha value is -1.33. The summed E-state index contributed by atoms with van der Waals surface area (Å²) in [6, 6.07) is 3.88. The zero-order valence-corrected chi connectivity index (χ0v) is 12.0. The zero-order valence-electron chi connectivity index (χ0n) is 11.3. The third-order valence-corrected chi connectivity index (χ3v) is 3.76. The van der Waals surface area contributed by atoms with Crippen molar-refractivity contribution in [3.8, 4) is 0 Å². The van der Waals surface area contributed by atoms with Crippen molar-refractivity contribution in [3.05, 3.63) is 34.6 Å². The quantitative estimate of drug-likeness (QED) is 0.882. The Labute approximate surface area is 122 Å². The lowest BCUT2D eigenvalue weighted by atomic mass is 10.1. The highest BCUT2D eigenvalue weighted by atomic mass is 35.5. The van der Waals surface area contributed by atoms with Gasteiger partial charge >= 0.3 is 6.03 Å². The molecule has 2 atom stereocenters. The summed E-state index contributed by atoms with van der Waals surface area (Å²) in [5.74, 6) is -0.479. The Balaban J connectivity index is 1.97. The van der Waals surface area contributed by atoms with E-state index in [0.717, 1.165) is 18.4 Å². The minimum absolute atomic E-state index is 0.0389. The van der Waals surface area contributed by atoms with Gasteiger partial charge in [0.15, 0.2) is 0 Å². The summed E-state index contributed by atoms with van der Waals surface area (Å²) in [6.45, 7) is 2.80. The molecule has 0 spiro atoms. The lowest BCUT2D eigenvalue weighted by Crippen LogP contribution is -2.47. The predicted molar refractivity (Wildman–Crippen MR) is 75.2 cm³/mol. The summed E-state index contributed by atoms with van der Waals surface area (Å²) in [4.78, 5) is 13.7. The number of carbonyl (C=O) groups excluding carboxylic acids is 1. The highest BCUT2D eigenvalue weighted by Gasteiger charge is 2.23. The van der Waals surface area contributed by atoms with Crippen LogP contribution in [0.15, 0.2) is 18.2 Å². The summed E-state index contributed by atoms with van der Waals surface area (Å²) in [7, 11) is 0. The van der Waals surface area contributed by atoms with Gasteiger partial charge in [0.2, 0.25) is 0 Å². The molecular formula is C14H18ClFN2O2. The van der Waals surface area contributed by atoms with E-state index in [9.17, 15) is 14.3 Å². The van der Waals surface area contributed by atoms with Crippen molar-refractivity contribution >= 4 is 17.6 Å². The van der Waals surface area contributed by atoms with Crippen molar-refractivity contribution in [1.29, 1.82) is 0 Å². The van der Waals surface area contributed by atoms with E-state index >= 15 is 0 Å². The molecule has 2 amide bonds. The molecule has 1 aliphatic heterocycles. The monoisotopic (exact) mass is 300 g/mol. The fraction of sp³-hybridized carbons (Fsp3) is 0.500. The minimum Gasteiger partial charge on any atom is -0.391 e. The second kappa shape index (κ2) is 6.41. The van der Waals surface area contributed by atoms with Crippen LogP contribution in [-0.4, -0.2) is 35.2 Å². The number of β-amino-alcohol motifs (C(OH)–C–C–N with tert-alkyl or cyclic N) is 1. The van der Waals surface area contributed by atoms with Gasteiger partial charge in [0.1, 0.15) is 5.82 Å². The van der Waals surface area contributed by atoms with E-state index in [4.69, 9.17) is 11.6 Å². The molecule has 0 bridgehead atoms. The fourth-order valence-corrected chi connectivity index (χ4v) is 2.47. The van der Waals surface area contributed by atoms with Crippen LogP contribution in [0.4, 0.5) is 9.18 Å². The maximum Gasteiger partial charge on any atom is 0.317 e. The number of nitrogens with one attached hydrogen (secondary N) is 1. The van der Waals surface area contributed by atoms with Crippen LogP contribution in [0.5, 0.6) is 0 Å². The maximum absolute atomic E-state index is 13.1. The first kappa shape index (κ1) is 15.1.